The van der Waals surface area contributed by atoms with E-state index in [-0.39, 0.29) is 29.1 Å². The fourth-order valence-electron chi connectivity index (χ4n) is 10.6. The summed E-state index contributed by atoms with van der Waals surface area (Å²) in [5, 5.41) is 24.0. The minimum Gasteiger partial charge on any atom is -0.454 e. The summed E-state index contributed by atoms with van der Waals surface area (Å²) in [4.78, 5) is 0. The summed E-state index contributed by atoms with van der Waals surface area (Å²) in [5.41, 5.74) is 1.59. The molecule has 202 valence electrons. The van der Waals surface area contributed by atoms with Gasteiger partial charge in [-0.2, -0.15) is 0 Å². The molecule has 2 aliphatic heterocycles. The predicted molar refractivity (Wildman–Crippen MR) is 136 cm³/mol. The topological polar surface area (TPSA) is 77.4 Å². The highest BCUT2D eigenvalue weighted by molar-refractivity contribution is 5.52. The second kappa shape index (κ2) is 7.24. The molecule has 6 heteroatoms. The Hall–Kier alpha value is -1.34. The molecule has 2 unspecified atom stereocenters. The number of ether oxygens (including phenoxy) is 4. The standard InChI is InChI=1S/C31H42O6/c1-27(2)15-36-31(37-16-27)9-8-29-12-18-10-23-24(35-17-34-23)11-20(18)21-13-28(3)22(4-5-25(28)32)19(26(21)29)6-7-30(29,33)14-31/h10-11,19,21-22,25-26,32-33H,4-9,12-17H2,1-3H3/t19-,21?,22-,25-,26?,28-,29-,30+/m0/s1. The summed E-state index contributed by atoms with van der Waals surface area (Å²) in [6.45, 7) is 8.35. The molecule has 0 bridgehead atoms. The van der Waals surface area contributed by atoms with E-state index in [1.165, 1.54) is 11.1 Å². The molecule has 2 N–H and O–H groups in total. The van der Waals surface area contributed by atoms with Gasteiger partial charge < -0.3 is 29.2 Å². The molecule has 2 spiro atoms. The third kappa shape index (κ3) is 2.97. The molecule has 8 rings (SSSR count). The lowest BCUT2D eigenvalue weighted by Crippen LogP contribution is -2.70. The maximum absolute atomic E-state index is 12.8. The number of rotatable bonds is 0. The Balaban J connectivity index is 1.25. The van der Waals surface area contributed by atoms with Crippen LogP contribution in [-0.2, 0) is 15.9 Å². The van der Waals surface area contributed by atoms with Crippen molar-refractivity contribution in [2.75, 3.05) is 20.0 Å². The first-order chi connectivity index (χ1) is 17.6. The molecule has 0 aromatic heterocycles. The molecule has 0 radical (unpaired) electrons. The Bertz CT molecular complexity index is 1140. The highest BCUT2D eigenvalue weighted by Gasteiger charge is 2.72. The van der Waals surface area contributed by atoms with E-state index in [0.717, 1.165) is 62.9 Å². The van der Waals surface area contributed by atoms with E-state index < -0.39 is 11.4 Å². The number of hydrogen-bond acceptors (Lipinski definition) is 6. The van der Waals surface area contributed by atoms with Crippen molar-refractivity contribution in [1.82, 2.24) is 0 Å². The molecule has 1 saturated heterocycles. The van der Waals surface area contributed by atoms with Crippen LogP contribution in [0.1, 0.15) is 89.2 Å². The molecule has 37 heavy (non-hydrogen) atoms. The van der Waals surface area contributed by atoms with Crippen molar-refractivity contribution in [3.63, 3.8) is 0 Å². The van der Waals surface area contributed by atoms with Crippen molar-refractivity contribution < 1.29 is 29.2 Å². The van der Waals surface area contributed by atoms with Gasteiger partial charge in [-0.15, -0.1) is 0 Å². The third-order valence-corrected chi connectivity index (χ3v) is 12.4. The fourth-order valence-corrected chi connectivity index (χ4v) is 10.6. The van der Waals surface area contributed by atoms with Crippen molar-refractivity contribution in [2.24, 2.45) is 34.0 Å². The van der Waals surface area contributed by atoms with E-state index in [4.69, 9.17) is 18.9 Å². The van der Waals surface area contributed by atoms with E-state index in [1.807, 2.05) is 0 Å². The first kappa shape index (κ1) is 23.5. The Morgan fingerprint density at radius 3 is 2.46 bits per heavy atom. The highest BCUT2D eigenvalue weighted by atomic mass is 16.7. The monoisotopic (exact) mass is 510 g/mol. The van der Waals surface area contributed by atoms with E-state index in [2.05, 4.69) is 32.9 Å². The second-order valence-corrected chi connectivity index (χ2v) is 14.8. The SMILES string of the molecule is CC1(C)COC2(CC[C@@]34Cc5cc6c(cc5C5C[C@]7(C)[C@@H](O)CC[C@H]7[C@H](CC[C@@]3(O)C2)C54)OCO6)OC1. The van der Waals surface area contributed by atoms with Gasteiger partial charge in [0.2, 0.25) is 6.79 Å². The van der Waals surface area contributed by atoms with E-state index >= 15 is 0 Å². The zero-order valence-corrected chi connectivity index (χ0v) is 22.6. The summed E-state index contributed by atoms with van der Waals surface area (Å²) in [6.07, 6.45) is 7.77. The molecule has 1 aromatic rings. The Labute approximate surface area is 220 Å². The summed E-state index contributed by atoms with van der Waals surface area (Å²) >= 11 is 0. The predicted octanol–water partition coefficient (Wildman–Crippen LogP) is 4.93. The van der Waals surface area contributed by atoms with Crippen LogP contribution in [-0.4, -0.2) is 47.7 Å². The molecule has 6 nitrogen and oxygen atoms in total. The van der Waals surface area contributed by atoms with Crippen LogP contribution < -0.4 is 9.47 Å². The van der Waals surface area contributed by atoms with E-state index in [9.17, 15) is 10.2 Å². The van der Waals surface area contributed by atoms with Crippen LogP contribution in [0.5, 0.6) is 11.5 Å². The zero-order chi connectivity index (χ0) is 25.4. The lowest BCUT2D eigenvalue weighted by atomic mass is 9.37. The largest absolute Gasteiger partial charge is 0.454 e. The van der Waals surface area contributed by atoms with Gasteiger partial charge >= 0.3 is 0 Å². The molecule has 4 saturated carbocycles. The van der Waals surface area contributed by atoms with Crippen LogP contribution >= 0.6 is 0 Å². The molecule has 0 amide bonds. The first-order valence-electron chi connectivity index (χ1n) is 14.7. The van der Waals surface area contributed by atoms with Gasteiger partial charge in [0.15, 0.2) is 17.3 Å². The van der Waals surface area contributed by atoms with Crippen molar-refractivity contribution in [2.45, 2.75) is 102 Å². The fraction of sp³-hybridized carbons (Fsp3) is 0.806. The molecular weight excluding hydrogens is 468 g/mol. The van der Waals surface area contributed by atoms with Gasteiger partial charge in [-0.3, -0.25) is 0 Å². The molecular formula is C31H42O6. The quantitative estimate of drug-likeness (QED) is 0.515. The normalized spacial score (nSPS) is 48.1. The zero-order valence-electron chi connectivity index (χ0n) is 22.6. The van der Waals surface area contributed by atoms with Crippen LogP contribution in [0.15, 0.2) is 12.1 Å². The van der Waals surface area contributed by atoms with Gasteiger partial charge in [-0.25, -0.2) is 0 Å². The highest BCUT2D eigenvalue weighted by Crippen LogP contribution is 2.74. The molecule has 8 atom stereocenters. The van der Waals surface area contributed by atoms with Gasteiger partial charge in [0.05, 0.1) is 24.9 Å². The summed E-state index contributed by atoms with van der Waals surface area (Å²) in [7, 11) is 0. The van der Waals surface area contributed by atoms with E-state index in [1.54, 1.807) is 0 Å². The van der Waals surface area contributed by atoms with Crippen LogP contribution in [0, 0.1) is 34.0 Å². The average molecular weight is 511 g/mol. The number of benzene rings is 1. The van der Waals surface area contributed by atoms with Crippen molar-refractivity contribution >= 4 is 0 Å². The Morgan fingerprint density at radius 2 is 1.68 bits per heavy atom. The van der Waals surface area contributed by atoms with Crippen LogP contribution in [0.4, 0.5) is 0 Å². The average Bonchev–Trinajstić information content (AvgIpc) is 3.44. The second-order valence-electron chi connectivity index (χ2n) is 14.8. The Morgan fingerprint density at radius 1 is 0.919 bits per heavy atom. The van der Waals surface area contributed by atoms with Gasteiger partial charge in [0.25, 0.3) is 0 Å². The van der Waals surface area contributed by atoms with Crippen molar-refractivity contribution in [1.29, 1.82) is 0 Å². The maximum Gasteiger partial charge on any atom is 0.231 e. The van der Waals surface area contributed by atoms with Gasteiger partial charge in [-0.05, 0) is 97.3 Å². The van der Waals surface area contributed by atoms with Gasteiger partial charge in [-0.1, -0.05) is 20.8 Å². The molecule has 1 aromatic carbocycles. The number of aliphatic hydroxyl groups excluding tert-OH is 1. The lowest BCUT2D eigenvalue weighted by molar-refractivity contribution is -0.357. The summed E-state index contributed by atoms with van der Waals surface area (Å²) < 4.78 is 24.6. The molecule has 2 heterocycles. The van der Waals surface area contributed by atoms with Gasteiger partial charge in [0, 0.05) is 23.7 Å². The van der Waals surface area contributed by atoms with Crippen molar-refractivity contribution in [3.05, 3.63) is 23.3 Å². The summed E-state index contributed by atoms with van der Waals surface area (Å²) in [6, 6.07) is 4.44. The van der Waals surface area contributed by atoms with Crippen LogP contribution in [0.3, 0.4) is 0 Å². The molecule has 5 aliphatic carbocycles. The summed E-state index contributed by atoms with van der Waals surface area (Å²) in [5.74, 6) is 2.79. The number of fused-ring (bicyclic) bond motifs is 5. The van der Waals surface area contributed by atoms with Gasteiger partial charge in [0.1, 0.15) is 0 Å². The smallest absolute Gasteiger partial charge is 0.231 e. The molecule has 7 aliphatic rings. The minimum atomic E-state index is -0.828. The minimum absolute atomic E-state index is 0.00905. The number of hydrogen-bond donors (Lipinski definition) is 2. The Kier molecular flexibility index (Phi) is 4.60. The van der Waals surface area contributed by atoms with E-state index in [0.29, 0.717) is 43.3 Å². The van der Waals surface area contributed by atoms with Crippen LogP contribution in [0.2, 0.25) is 0 Å². The number of aliphatic hydroxyl groups is 2. The first-order valence-corrected chi connectivity index (χ1v) is 14.7. The van der Waals surface area contributed by atoms with Crippen molar-refractivity contribution in [3.8, 4) is 11.5 Å². The third-order valence-electron chi connectivity index (χ3n) is 12.4. The maximum atomic E-state index is 12.8. The van der Waals surface area contributed by atoms with Crippen LogP contribution in [0.25, 0.3) is 0 Å². The molecule has 5 fully saturated rings. The lowest BCUT2D eigenvalue weighted by Gasteiger charge is -2.70.